The molecule has 5 nitrogen and oxygen atoms in total. The first-order valence-corrected chi connectivity index (χ1v) is 6.73. The summed E-state index contributed by atoms with van der Waals surface area (Å²) in [7, 11) is 2.02. The summed E-state index contributed by atoms with van der Waals surface area (Å²) in [5, 5.41) is 0.392. The van der Waals surface area contributed by atoms with Gasteiger partial charge in [-0.3, -0.25) is 4.90 Å². The van der Waals surface area contributed by atoms with Crippen molar-refractivity contribution in [3.05, 3.63) is 11.2 Å². The first-order chi connectivity index (χ1) is 8.60. The van der Waals surface area contributed by atoms with Crippen LogP contribution in [0, 0.1) is 0 Å². The number of anilines is 2. The number of nitrogens with two attached hydrogens (primary N) is 1. The minimum Gasteiger partial charge on any atom is -0.368 e. The first-order valence-electron chi connectivity index (χ1n) is 6.35. The molecule has 1 atom stereocenters. The molecule has 1 aromatic rings. The molecule has 1 saturated heterocycles. The number of hydrogen-bond acceptors (Lipinski definition) is 5. The van der Waals surface area contributed by atoms with Gasteiger partial charge in [-0.1, -0.05) is 18.5 Å². The maximum absolute atomic E-state index is 5.90. The third-order valence-electron chi connectivity index (χ3n) is 3.48. The van der Waals surface area contributed by atoms with Gasteiger partial charge in [-0.25, -0.2) is 4.98 Å². The van der Waals surface area contributed by atoms with Crippen LogP contribution < -0.4 is 10.6 Å². The minimum atomic E-state index is 0.225. The summed E-state index contributed by atoms with van der Waals surface area (Å²) in [5.74, 6) is 1.01. The number of likely N-dealkylation sites (tertiary alicyclic amines) is 1. The summed E-state index contributed by atoms with van der Waals surface area (Å²) in [6.07, 6.45) is 2.52. The van der Waals surface area contributed by atoms with E-state index >= 15 is 0 Å². The highest BCUT2D eigenvalue weighted by Gasteiger charge is 2.24. The summed E-state index contributed by atoms with van der Waals surface area (Å²) in [4.78, 5) is 12.7. The Balaban J connectivity index is 2.04. The molecule has 0 amide bonds. The van der Waals surface area contributed by atoms with Crippen LogP contribution in [0.3, 0.4) is 0 Å². The van der Waals surface area contributed by atoms with Gasteiger partial charge in [0, 0.05) is 25.7 Å². The molecular formula is C12H20ClN5. The topological polar surface area (TPSA) is 58.3 Å². The zero-order valence-electron chi connectivity index (χ0n) is 10.9. The molecule has 1 unspecified atom stereocenters. The lowest BCUT2D eigenvalue weighted by Crippen LogP contribution is -2.39. The van der Waals surface area contributed by atoms with Gasteiger partial charge in [-0.2, -0.15) is 4.98 Å². The van der Waals surface area contributed by atoms with Crippen molar-refractivity contribution in [3.8, 4) is 0 Å². The highest BCUT2D eigenvalue weighted by Crippen LogP contribution is 2.21. The highest BCUT2D eigenvalue weighted by molar-refractivity contribution is 6.29. The number of hydrogen-bond donors (Lipinski definition) is 1. The Kier molecular flexibility index (Phi) is 4.24. The third-order valence-corrected chi connectivity index (χ3v) is 3.67. The van der Waals surface area contributed by atoms with Crippen molar-refractivity contribution in [1.82, 2.24) is 14.9 Å². The predicted molar refractivity (Wildman–Crippen MR) is 75.0 cm³/mol. The van der Waals surface area contributed by atoms with Gasteiger partial charge >= 0.3 is 0 Å². The quantitative estimate of drug-likeness (QED) is 0.842. The van der Waals surface area contributed by atoms with Crippen molar-refractivity contribution in [2.75, 3.05) is 37.3 Å². The van der Waals surface area contributed by atoms with Gasteiger partial charge in [0.05, 0.1) is 0 Å². The number of likely N-dealkylation sites (N-methyl/N-ethyl adjacent to an activating group) is 2. The molecule has 1 aromatic heterocycles. The summed E-state index contributed by atoms with van der Waals surface area (Å²) in [6, 6.07) is 2.35. The fraction of sp³-hybridized carbons (Fsp3) is 0.667. The van der Waals surface area contributed by atoms with E-state index in [4.69, 9.17) is 17.3 Å². The van der Waals surface area contributed by atoms with Gasteiger partial charge in [0.1, 0.15) is 11.0 Å². The van der Waals surface area contributed by atoms with Crippen LogP contribution in [0.15, 0.2) is 6.07 Å². The van der Waals surface area contributed by atoms with E-state index in [-0.39, 0.29) is 5.95 Å². The maximum Gasteiger partial charge on any atom is 0.223 e. The monoisotopic (exact) mass is 269 g/mol. The second-order valence-electron chi connectivity index (χ2n) is 4.71. The van der Waals surface area contributed by atoms with Crippen molar-refractivity contribution in [2.45, 2.75) is 25.8 Å². The van der Waals surface area contributed by atoms with Gasteiger partial charge in [-0.15, -0.1) is 0 Å². The van der Waals surface area contributed by atoms with Crippen LogP contribution in [0.1, 0.15) is 19.8 Å². The van der Waals surface area contributed by atoms with E-state index < -0.39 is 0 Å². The van der Waals surface area contributed by atoms with Gasteiger partial charge in [0.15, 0.2) is 0 Å². The molecule has 0 aliphatic carbocycles. The molecule has 2 heterocycles. The number of aromatic nitrogens is 2. The molecule has 1 aliphatic heterocycles. The Morgan fingerprint density at radius 3 is 3.00 bits per heavy atom. The maximum atomic E-state index is 5.90. The Hall–Kier alpha value is -1.07. The summed E-state index contributed by atoms with van der Waals surface area (Å²) >= 11 is 5.90. The van der Waals surface area contributed by atoms with E-state index in [1.54, 1.807) is 6.07 Å². The Morgan fingerprint density at radius 1 is 1.56 bits per heavy atom. The molecule has 0 spiro atoms. The predicted octanol–water partition coefficient (Wildman–Crippen LogP) is 1.63. The molecule has 2 N–H and O–H groups in total. The normalized spacial score (nSPS) is 20.3. The summed E-state index contributed by atoms with van der Waals surface area (Å²) in [5.41, 5.74) is 5.62. The van der Waals surface area contributed by atoms with Crippen molar-refractivity contribution < 1.29 is 0 Å². The first kappa shape index (κ1) is 13.4. The van der Waals surface area contributed by atoms with Crippen LogP contribution in [-0.2, 0) is 0 Å². The van der Waals surface area contributed by atoms with E-state index in [2.05, 4.69) is 26.7 Å². The second kappa shape index (κ2) is 5.71. The lowest BCUT2D eigenvalue weighted by Gasteiger charge is -2.28. The van der Waals surface area contributed by atoms with Crippen LogP contribution in [0.25, 0.3) is 0 Å². The van der Waals surface area contributed by atoms with E-state index in [1.807, 2.05) is 7.05 Å². The van der Waals surface area contributed by atoms with Gasteiger partial charge in [0.2, 0.25) is 5.95 Å². The van der Waals surface area contributed by atoms with E-state index in [0.29, 0.717) is 11.2 Å². The largest absolute Gasteiger partial charge is 0.368 e. The van der Waals surface area contributed by atoms with Crippen LogP contribution in [0.2, 0.25) is 5.15 Å². The molecule has 1 fully saturated rings. The van der Waals surface area contributed by atoms with Gasteiger partial charge < -0.3 is 10.6 Å². The number of halogens is 1. The molecular weight excluding hydrogens is 250 g/mol. The lowest BCUT2D eigenvalue weighted by molar-refractivity contribution is 0.270. The van der Waals surface area contributed by atoms with Crippen LogP contribution in [0.5, 0.6) is 0 Å². The Bertz CT molecular complexity index is 391. The van der Waals surface area contributed by atoms with Crippen LogP contribution >= 0.6 is 11.6 Å². The number of nitrogen functional groups attached to an aromatic ring is 1. The molecule has 2 rings (SSSR count). The molecule has 0 bridgehead atoms. The van der Waals surface area contributed by atoms with E-state index in [1.165, 1.54) is 19.4 Å². The number of rotatable bonds is 4. The van der Waals surface area contributed by atoms with Crippen molar-refractivity contribution in [3.63, 3.8) is 0 Å². The molecule has 18 heavy (non-hydrogen) atoms. The Morgan fingerprint density at radius 2 is 2.33 bits per heavy atom. The van der Waals surface area contributed by atoms with E-state index in [9.17, 15) is 0 Å². The molecule has 6 heteroatoms. The van der Waals surface area contributed by atoms with Crippen molar-refractivity contribution in [1.29, 1.82) is 0 Å². The molecule has 0 radical (unpaired) electrons. The average molecular weight is 270 g/mol. The van der Waals surface area contributed by atoms with Gasteiger partial charge in [0.25, 0.3) is 0 Å². The number of nitrogens with zero attached hydrogens (tertiary/aromatic N) is 4. The van der Waals surface area contributed by atoms with Crippen LogP contribution in [0.4, 0.5) is 11.8 Å². The molecule has 100 valence electrons. The smallest absolute Gasteiger partial charge is 0.223 e. The van der Waals surface area contributed by atoms with Gasteiger partial charge in [-0.05, 0) is 25.9 Å². The Labute approximate surface area is 113 Å². The minimum absolute atomic E-state index is 0.225. The zero-order chi connectivity index (χ0) is 13.1. The standard InChI is InChI=1S/C12H20ClN5/c1-3-18-6-4-5-9(18)8-17(2)11-7-10(13)15-12(14)16-11/h7,9H,3-6,8H2,1-2H3,(H2,14,15,16). The summed E-state index contributed by atoms with van der Waals surface area (Å²) < 4.78 is 0. The molecule has 0 aromatic carbocycles. The fourth-order valence-corrected chi connectivity index (χ4v) is 2.73. The van der Waals surface area contributed by atoms with Crippen molar-refractivity contribution in [2.24, 2.45) is 0 Å². The third kappa shape index (κ3) is 3.03. The zero-order valence-corrected chi connectivity index (χ0v) is 11.7. The summed E-state index contributed by atoms with van der Waals surface area (Å²) in [6.45, 7) is 5.45. The second-order valence-corrected chi connectivity index (χ2v) is 5.10. The van der Waals surface area contributed by atoms with Crippen LogP contribution in [-0.4, -0.2) is 47.6 Å². The SMILES string of the molecule is CCN1CCCC1CN(C)c1cc(Cl)nc(N)n1. The molecule has 0 saturated carbocycles. The lowest BCUT2D eigenvalue weighted by atomic mass is 10.2. The van der Waals surface area contributed by atoms with Crippen molar-refractivity contribution >= 4 is 23.4 Å². The van der Waals surface area contributed by atoms with E-state index in [0.717, 1.165) is 18.9 Å². The molecule has 1 aliphatic rings. The highest BCUT2D eigenvalue weighted by atomic mass is 35.5. The fourth-order valence-electron chi connectivity index (χ4n) is 2.55. The average Bonchev–Trinajstić information content (AvgIpc) is 2.75.